The Morgan fingerprint density at radius 3 is 2.06 bits per heavy atom. The van der Waals surface area contributed by atoms with Crippen molar-refractivity contribution in [2.24, 2.45) is 11.8 Å². The highest BCUT2D eigenvalue weighted by atomic mass is 32.2. The maximum atomic E-state index is 13.2. The van der Waals surface area contributed by atoms with E-state index in [1.165, 1.54) is 6.26 Å². The Bertz CT molecular complexity index is 766. The number of Topliss-reactive ketones (excluding diaryl/α,β-unsaturated/α-hetero) is 1. The topological polar surface area (TPSA) is 134 Å². The molecule has 5 atom stereocenters. The third kappa shape index (κ3) is 11.2. The van der Waals surface area contributed by atoms with Gasteiger partial charge in [0.15, 0.2) is 5.78 Å². The molecule has 0 aromatic heterocycles. The van der Waals surface area contributed by atoms with Gasteiger partial charge in [-0.1, -0.05) is 47.5 Å². The first kappa shape index (κ1) is 31.2. The lowest BCUT2D eigenvalue weighted by atomic mass is 9.93. The van der Waals surface area contributed by atoms with E-state index in [9.17, 15) is 23.4 Å². The van der Waals surface area contributed by atoms with Gasteiger partial charge in [-0.05, 0) is 38.0 Å². The molecule has 0 saturated carbocycles. The fourth-order valence-corrected chi connectivity index (χ4v) is 4.29. The van der Waals surface area contributed by atoms with Crippen molar-refractivity contribution in [3.8, 4) is 0 Å². The molecule has 0 aromatic carbocycles. The van der Waals surface area contributed by atoms with Crippen LogP contribution in [0, 0.1) is 11.8 Å². The predicted molar refractivity (Wildman–Crippen MR) is 137 cm³/mol. The number of ketones is 1. The number of rotatable bonds is 17. The van der Waals surface area contributed by atoms with Gasteiger partial charge in [0.25, 0.3) is 0 Å². The van der Waals surface area contributed by atoms with Crippen LogP contribution < -0.4 is 16.0 Å². The lowest BCUT2D eigenvalue weighted by Crippen LogP contribution is -2.58. The van der Waals surface area contributed by atoms with Gasteiger partial charge < -0.3 is 20.7 Å². The zero-order valence-electron chi connectivity index (χ0n) is 22.4. The maximum absolute atomic E-state index is 13.2. The molecule has 0 aliphatic carbocycles. The summed E-state index contributed by atoms with van der Waals surface area (Å²) >= 11 is 0. The Kier molecular flexibility index (Phi) is 13.1. The van der Waals surface area contributed by atoms with Crippen molar-refractivity contribution in [3.05, 3.63) is 0 Å². The number of nitrogens with one attached hydrogen (secondary N) is 3. The lowest BCUT2D eigenvalue weighted by Gasteiger charge is -2.27. The normalized spacial score (nSPS) is 20.6. The summed E-state index contributed by atoms with van der Waals surface area (Å²) in [4.78, 5) is 51.6. The fourth-order valence-electron chi connectivity index (χ4n) is 3.72. The summed E-state index contributed by atoms with van der Waals surface area (Å²) in [5, 5.41) is 8.32. The van der Waals surface area contributed by atoms with Crippen molar-refractivity contribution < 1.29 is 28.1 Å². The molecular weight excluding hydrogens is 470 g/mol. The van der Waals surface area contributed by atoms with E-state index in [0.717, 1.165) is 19.3 Å². The second-order valence-corrected chi connectivity index (χ2v) is 12.0. The van der Waals surface area contributed by atoms with Gasteiger partial charge in [0, 0.05) is 29.2 Å². The summed E-state index contributed by atoms with van der Waals surface area (Å²) in [5.74, 6) is -1.23. The second-order valence-electron chi connectivity index (χ2n) is 10.4. The first-order valence-corrected chi connectivity index (χ1v) is 14.4. The molecule has 0 radical (unpaired) electrons. The molecule has 1 heterocycles. The van der Waals surface area contributed by atoms with Gasteiger partial charge in [0.2, 0.25) is 17.7 Å². The summed E-state index contributed by atoms with van der Waals surface area (Å²) in [6, 6.07) is -2.54. The summed E-state index contributed by atoms with van der Waals surface area (Å²) in [6.45, 7) is 11.6. The van der Waals surface area contributed by atoms with E-state index in [1.54, 1.807) is 6.92 Å². The molecule has 1 aliphatic rings. The van der Waals surface area contributed by atoms with Gasteiger partial charge >= 0.3 is 0 Å². The molecule has 10 heteroatoms. The minimum Gasteiger partial charge on any atom is -0.361 e. The molecule has 5 unspecified atom stereocenters. The largest absolute Gasteiger partial charge is 0.361 e. The molecule has 3 amide bonds. The monoisotopic (exact) mass is 515 g/mol. The van der Waals surface area contributed by atoms with Gasteiger partial charge in [-0.3, -0.25) is 23.4 Å². The van der Waals surface area contributed by atoms with Crippen LogP contribution in [-0.2, 0) is 34.7 Å². The Morgan fingerprint density at radius 2 is 1.57 bits per heavy atom. The van der Waals surface area contributed by atoms with Crippen LogP contribution in [0.1, 0.15) is 80.1 Å². The predicted octanol–water partition coefficient (Wildman–Crippen LogP) is 1.85. The summed E-state index contributed by atoms with van der Waals surface area (Å²) < 4.78 is 17.0. The second kappa shape index (κ2) is 14.7. The smallest absolute Gasteiger partial charge is 0.243 e. The van der Waals surface area contributed by atoms with Crippen LogP contribution in [0.25, 0.3) is 0 Å². The number of unbranched alkanes of at least 4 members (excludes halogenated alkanes) is 2. The molecular formula is C25H45N3O6S. The van der Waals surface area contributed by atoms with E-state index in [2.05, 4.69) is 16.0 Å². The summed E-state index contributed by atoms with van der Waals surface area (Å²) in [5.41, 5.74) is -0.888. The Balaban J connectivity index is 2.95. The minimum atomic E-state index is -1.17. The minimum absolute atomic E-state index is 0.145. The number of carbonyl (C=O) groups excluding carboxylic acids is 4. The molecule has 3 N–H and O–H groups in total. The number of hydrogen-bond acceptors (Lipinski definition) is 6. The van der Waals surface area contributed by atoms with Crippen molar-refractivity contribution in [1.82, 2.24) is 16.0 Å². The first-order valence-electron chi connectivity index (χ1n) is 12.7. The Morgan fingerprint density at radius 1 is 0.971 bits per heavy atom. The molecule has 1 fully saturated rings. The van der Waals surface area contributed by atoms with Gasteiger partial charge in [0.1, 0.15) is 17.7 Å². The van der Waals surface area contributed by atoms with Crippen LogP contribution in [0.15, 0.2) is 0 Å². The zero-order valence-corrected chi connectivity index (χ0v) is 23.2. The highest BCUT2D eigenvalue weighted by molar-refractivity contribution is 7.84. The molecule has 0 spiro atoms. The third-order valence-electron chi connectivity index (χ3n) is 6.04. The number of ether oxygens (including phenoxy) is 1. The van der Waals surface area contributed by atoms with Crippen molar-refractivity contribution in [3.63, 3.8) is 0 Å². The van der Waals surface area contributed by atoms with E-state index in [-0.39, 0.29) is 35.7 Å². The number of hydrogen-bond donors (Lipinski definition) is 3. The van der Waals surface area contributed by atoms with Crippen LogP contribution in [0.3, 0.4) is 0 Å². The lowest BCUT2D eigenvalue weighted by molar-refractivity contribution is -0.135. The Labute approximate surface area is 212 Å². The van der Waals surface area contributed by atoms with Crippen molar-refractivity contribution >= 4 is 34.3 Å². The molecule has 9 nitrogen and oxygen atoms in total. The van der Waals surface area contributed by atoms with E-state index >= 15 is 0 Å². The van der Waals surface area contributed by atoms with Crippen LogP contribution in [0.2, 0.25) is 0 Å². The van der Waals surface area contributed by atoms with Crippen LogP contribution in [0.4, 0.5) is 0 Å². The highest BCUT2D eigenvalue weighted by Gasteiger charge is 2.50. The number of epoxide rings is 1. The number of amides is 3. The quantitative estimate of drug-likeness (QED) is 0.200. The molecule has 202 valence electrons. The van der Waals surface area contributed by atoms with Crippen molar-refractivity contribution in [1.29, 1.82) is 0 Å². The highest BCUT2D eigenvalue weighted by Crippen LogP contribution is 2.29. The summed E-state index contributed by atoms with van der Waals surface area (Å²) in [7, 11) is -1.17. The molecule has 0 bridgehead atoms. The van der Waals surface area contributed by atoms with Gasteiger partial charge in [-0.2, -0.15) is 0 Å². The van der Waals surface area contributed by atoms with Crippen molar-refractivity contribution in [2.45, 2.75) is 104 Å². The van der Waals surface area contributed by atoms with Crippen LogP contribution in [-0.4, -0.2) is 70.1 Å². The SMILES string of the molecule is CCCCCC(=O)NC(C(=O)NC(CCS(C)=O)C(=O)NC(CC(C)C)C(=O)C1(C)CO1)C(C)C. The Hall–Kier alpha value is -1.81. The molecule has 1 saturated heterocycles. The number of carbonyl (C=O) groups is 4. The van der Waals surface area contributed by atoms with Crippen molar-refractivity contribution in [2.75, 3.05) is 18.6 Å². The molecule has 1 aliphatic heterocycles. The molecule has 35 heavy (non-hydrogen) atoms. The van der Waals surface area contributed by atoms with Gasteiger partial charge in [-0.15, -0.1) is 0 Å². The average Bonchev–Trinajstić information content (AvgIpc) is 3.51. The third-order valence-corrected chi connectivity index (χ3v) is 6.85. The van der Waals surface area contributed by atoms with Crippen LogP contribution >= 0.6 is 0 Å². The van der Waals surface area contributed by atoms with E-state index in [0.29, 0.717) is 19.4 Å². The zero-order chi connectivity index (χ0) is 26.8. The van der Waals surface area contributed by atoms with Gasteiger partial charge in [0.05, 0.1) is 12.6 Å². The fraction of sp³-hybridized carbons (Fsp3) is 0.840. The maximum Gasteiger partial charge on any atom is 0.243 e. The molecule has 1 rings (SSSR count). The standard InChI is InChI=1S/C25H45N3O6S/c1-8-9-10-11-20(29)28-21(17(4)5)24(32)26-18(12-13-35(7)33)23(31)27-19(14-16(2)3)22(30)25(6)15-34-25/h16-19,21H,8-15H2,1-7H3,(H,26,32)(H,27,31)(H,28,29). The average molecular weight is 516 g/mol. The van der Waals surface area contributed by atoms with E-state index < -0.39 is 46.3 Å². The summed E-state index contributed by atoms with van der Waals surface area (Å²) in [6.07, 6.45) is 5.11. The first-order chi connectivity index (χ1) is 16.3. The van der Waals surface area contributed by atoms with E-state index in [1.807, 2.05) is 34.6 Å². The van der Waals surface area contributed by atoms with Gasteiger partial charge in [-0.25, -0.2) is 0 Å². The van der Waals surface area contributed by atoms with Crippen LogP contribution in [0.5, 0.6) is 0 Å². The van der Waals surface area contributed by atoms with E-state index in [4.69, 9.17) is 4.74 Å². The molecule has 0 aromatic rings.